The number of pyridine rings is 5. The normalized spacial score (nSPS) is 12.4. The molecule has 12 heterocycles. The van der Waals surface area contributed by atoms with E-state index in [-0.39, 0.29) is 115 Å². The van der Waals surface area contributed by atoms with E-state index in [0.717, 1.165) is 89.8 Å². The summed E-state index contributed by atoms with van der Waals surface area (Å²) in [5.74, 6) is -1.17. The maximum atomic E-state index is 12.5. The molecule has 0 atom stereocenters. The first-order valence-corrected chi connectivity index (χ1v) is 44.9. The summed E-state index contributed by atoms with van der Waals surface area (Å²) >= 11 is 5.91. The van der Waals surface area contributed by atoms with Gasteiger partial charge in [-0.1, -0.05) is 60.7 Å². The Kier molecular flexibility index (Phi) is 35.7. The van der Waals surface area contributed by atoms with Gasteiger partial charge in [0.15, 0.2) is 6.29 Å². The zero-order chi connectivity index (χ0) is 99.1. The second-order valence-electron chi connectivity index (χ2n) is 33.5. The Morgan fingerprint density at radius 1 is 0.396 bits per heavy atom. The Bertz CT molecular complexity index is 6680. The highest BCUT2D eigenvalue weighted by Gasteiger charge is 2.38. The van der Waals surface area contributed by atoms with Gasteiger partial charge >= 0.3 is 11.9 Å². The number of aliphatic hydroxyl groups excluding tert-OH is 1. The van der Waals surface area contributed by atoms with Crippen LogP contribution in [0.5, 0.6) is 57.5 Å². The van der Waals surface area contributed by atoms with Gasteiger partial charge in [0.05, 0.1) is 81.8 Å². The SMILES string of the molecule is CC(C)n1nccc1-c1ncccc1CCl.CC(C)n1nccc1-c1ncccc1COc1cccc(O)c1C=O.CC(C)n1nccc1-c1ncccc1COc1cccc(O)c1CO.CC(C)n1nccc1-c1ncccc1COc1cccc2c1C(=O)OC(C)(C)O2.CC1(C)OC(=O)c2c(O)cccc2O1.CON(C)C(=O)c1c(O)cccc1OCc1cccnc1-c1ccnn1C(C)C.Cl. The second kappa shape index (κ2) is 47.8. The lowest BCUT2D eigenvalue weighted by molar-refractivity contribution is -0.128. The zero-order valence-electron chi connectivity index (χ0n) is 79.8. The lowest BCUT2D eigenvalue weighted by Crippen LogP contribution is -2.39. The van der Waals surface area contributed by atoms with E-state index in [1.54, 1.807) is 156 Å². The van der Waals surface area contributed by atoms with E-state index in [1.165, 1.54) is 38.4 Å². The topological polar surface area (TPSA) is 409 Å². The van der Waals surface area contributed by atoms with Crippen molar-refractivity contribution in [3.63, 3.8) is 0 Å². The summed E-state index contributed by atoms with van der Waals surface area (Å²) in [4.78, 5) is 75.0. The summed E-state index contributed by atoms with van der Waals surface area (Å²) in [7, 11) is 2.84. The van der Waals surface area contributed by atoms with Crippen molar-refractivity contribution in [1.29, 1.82) is 0 Å². The largest absolute Gasteiger partial charge is 0.507 e. The summed E-state index contributed by atoms with van der Waals surface area (Å²) in [6.45, 7) is 27.9. The molecule has 0 bridgehead atoms. The number of halogens is 2. The number of amides is 1. The summed E-state index contributed by atoms with van der Waals surface area (Å²) in [5.41, 5.74) is 14.1. The number of nitrogens with zero attached hydrogens (tertiary/aromatic N) is 16. The van der Waals surface area contributed by atoms with Crippen LogP contribution < -0.4 is 28.4 Å². The third kappa shape index (κ3) is 25.6. The monoisotopic (exact) mass is 1930 g/mol. The van der Waals surface area contributed by atoms with Crippen LogP contribution in [-0.2, 0) is 53.2 Å². The van der Waals surface area contributed by atoms with Crippen molar-refractivity contribution >= 4 is 48.1 Å². The van der Waals surface area contributed by atoms with Crippen LogP contribution in [0.25, 0.3) is 56.9 Å². The number of hydroxylamine groups is 2. The van der Waals surface area contributed by atoms with Gasteiger partial charge in [0.2, 0.25) is 11.6 Å². The molecule has 15 aromatic rings. The predicted molar refractivity (Wildman–Crippen MR) is 523 cm³/mol. The quantitative estimate of drug-likeness (QED) is 0.0138. The minimum Gasteiger partial charge on any atom is -0.507 e. The fourth-order valence-electron chi connectivity index (χ4n) is 14.7. The van der Waals surface area contributed by atoms with Gasteiger partial charge in [-0.2, -0.15) is 25.5 Å². The number of hydrogen-bond donors (Lipinski definition) is 5. The number of benzene rings is 5. The second-order valence-corrected chi connectivity index (χ2v) is 33.8. The molecule has 5 aromatic carbocycles. The fraction of sp³-hybridized carbons (Fsp3) is 0.282. The van der Waals surface area contributed by atoms with Crippen LogP contribution in [0.1, 0.15) is 202 Å². The van der Waals surface area contributed by atoms with Gasteiger partial charge in [-0.25, -0.2) is 14.7 Å². The molecule has 5 N–H and O–H groups in total. The van der Waals surface area contributed by atoms with Crippen LogP contribution >= 0.6 is 24.0 Å². The lowest BCUT2D eigenvalue weighted by atomic mass is 10.1. The van der Waals surface area contributed by atoms with Gasteiger partial charge in [0, 0.05) is 155 Å². The van der Waals surface area contributed by atoms with Crippen LogP contribution in [0.2, 0.25) is 0 Å². The lowest BCUT2D eigenvalue weighted by Gasteiger charge is -2.32. The molecule has 0 saturated carbocycles. The standard InChI is InChI=1S/C22H23N3O4.C21H24N4O4.C19H21N3O3.C19H19N3O3.C12H14ClN3.C10H10O4.ClH/c1-14(2)25-16(10-12-24-25)20-15(7-6-11-23-20)13-27-17-8-5-9-18-19(17)21(26)29-22(3,4)28-18;1-14(2)25-16(10-12-23-25)20-15(7-6-11-22-20)13-29-18-9-5-8-17(26)19(18)21(27)24(3)28-4;2*1-13(2)22-16(8-10-21-22)19-14(5-4-9-20-19)12-25-18-7-3-6-17(24)15(18)11-23;1-9(2)16-11(5-7-15-16)12-10(8-13)4-3-6-14-12;1-10(2)13-7-5-3-4-6(11)8(7)9(12)14-10;/h5-12,14H,13H2,1-4H3;5-12,14,26H,13H2,1-4H3;3-10,13,23-24H,11-12H2,1-2H3;3-11,13,24H,12H2,1-2H3;3-7,9H,8H2,1-2H3;3-5,11H,1-2H3;1H. The van der Waals surface area contributed by atoms with E-state index in [0.29, 0.717) is 58.1 Å². The van der Waals surface area contributed by atoms with Crippen molar-refractivity contribution in [3.8, 4) is 114 Å². The van der Waals surface area contributed by atoms with Gasteiger partial charge < -0.3 is 63.4 Å². The molecule has 139 heavy (non-hydrogen) atoms. The number of phenols is 4. The van der Waals surface area contributed by atoms with E-state index >= 15 is 0 Å². The molecule has 0 fully saturated rings. The fourth-order valence-corrected chi connectivity index (χ4v) is 14.9. The molecule has 0 aliphatic carbocycles. The summed E-state index contributed by atoms with van der Waals surface area (Å²) in [6, 6.07) is 54.0. The first-order valence-electron chi connectivity index (χ1n) is 44.3. The summed E-state index contributed by atoms with van der Waals surface area (Å²) in [6.07, 6.45) is 18.1. The van der Waals surface area contributed by atoms with Crippen LogP contribution in [0.4, 0.5) is 0 Å². The molecule has 0 unspecified atom stereocenters. The third-order valence-corrected chi connectivity index (χ3v) is 21.4. The summed E-state index contributed by atoms with van der Waals surface area (Å²) < 4.78 is 54.6. The number of aldehydes is 1. The van der Waals surface area contributed by atoms with Crippen molar-refractivity contribution in [2.45, 2.75) is 178 Å². The number of aliphatic hydroxyl groups is 1. The smallest absolute Gasteiger partial charge is 0.349 e. The molecule has 2 aliphatic heterocycles. The molecular weight excluding hydrogens is 1820 g/mol. The van der Waals surface area contributed by atoms with Crippen LogP contribution in [0, 0.1) is 0 Å². The van der Waals surface area contributed by atoms with E-state index < -0.39 is 29.4 Å². The molecule has 1 amide bonds. The van der Waals surface area contributed by atoms with Crippen LogP contribution in [0.3, 0.4) is 0 Å². The highest BCUT2D eigenvalue weighted by atomic mass is 35.5. The van der Waals surface area contributed by atoms with Gasteiger partial charge in [-0.05, 0) is 196 Å². The van der Waals surface area contributed by atoms with E-state index in [4.69, 9.17) is 54.3 Å². The highest BCUT2D eigenvalue weighted by Crippen LogP contribution is 2.41. The Morgan fingerprint density at radius 2 is 0.705 bits per heavy atom. The molecule has 36 heteroatoms. The van der Waals surface area contributed by atoms with Crippen LogP contribution in [-0.4, -0.2) is 154 Å². The Labute approximate surface area is 815 Å². The number of fused-ring (bicyclic) bond motifs is 2. The van der Waals surface area contributed by atoms with Gasteiger partial charge in [-0.15, -0.1) is 24.0 Å². The zero-order valence-corrected chi connectivity index (χ0v) is 81.4. The molecule has 34 nitrogen and oxygen atoms in total. The molecule has 10 aromatic heterocycles. The maximum absolute atomic E-state index is 12.5. The van der Waals surface area contributed by atoms with Crippen molar-refractivity contribution in [2.75, 3.05) is 14.2 Å². The molecule has 726 valence electrons. The minimum atomic E-state index is -1.01. The number of rotatable bonds is 27. The molecule has 0 radical (unpaired) electrons. The molecule has 0 spiro atoms. The van der Waals surface area contributed by atoms with Crippen molar-refractivity contribution in [3.05, 3.63) is 300 Å². The first kappa shape index (κ1) is 104. The average molecular weight is 1930 g/mol. The Morgan fingerprint density at radius 3 is 1.09 bits per heavy atom. The van der Waals surface area contributed by atoms with Gasteiger partial charge in [-0.3, -0.25) is 62.8 Å². The molecular formula is C103H112Cl2N16O18. The molecule has 0 saturated heterocycles. The number of alkyl halides is 1. The number of carbonyl (C=O) groups is 4. The van der Waals surface area contributed by atoms with Crippen molar-refractivity contribution in [1.82, 2.24) is 78.9 Å². The van der Waals surface area contributed by atoms with E-state index in [2.05, 4.69) is 106 Å². The van der Waals surface area contributed by atoms with Crippen LogP contribution in [0.15, 0.2) is 244 Å². The van der Waals surface area contributed by atoms with E-state index in [9.17, 15) is 44.7 Å². The predicted octanol–water partition coefficient (Wildman–Crippen LogP) is 20.1. The highest BCUT2D eigenvalue weighted by molar-refractivity contribution is 6.17. The van der Waals surface area contributed by atoms with Gasteiger partial charge in [0.25, 0.3) is 5.91 Å². The number of aromatic nitrogens is 15. The number of cyclic esters (lactones) is 2. The first-order chi connectivity index (χ1) is 66.2. The number of ether oxygens (including phenoxy) is 8. The third-order valence-electron chi connectivity index (χ3n) is 21.1. The molecule has 17 rings (SSSR count). The van der Waals surface area contributed by atoms with Crippen molar-refractivity contribution < 1.29 is 87.4 Å². The number of esters is 2. The number of phenolic OH excluding ortho intramolecular Hbond substituents is 3. The Balaban J connectivity index is 0.000000162. The minimum absolute atomic E-state index is 0. The maximum Gasteiger partial charge on any atom is 0.349 e. The van der Waals surface area contributed by atoms with Crippen molar-refractivity contribution in [2.24, 2.45) is 0 Å². The molecule has 2 aliphatic rings. The number of hydrogen-bond acceptors (Lipinski definition) is 28. The summed E-state index contributed by atoms with van der Waals surface area (Å²) in [5, 5.41) is 71.4. The Hall–Kier alpha value is -15.5. The van der Waals surface area contributed by atoms with E-state index in [1.807, 2.05) is 128 Å². The number of carbonyl (C=O) groups excluding carboxylic acids is 4. The average Bonchev–Trinajstić information content (AvgIpc) is 1.73. The van der Waals surface area contributed by atoms with Gasteiger partial charge in [0.1, 0.15) is 101 Å². The number of aromatic hydroxyl groups is 4.